The van der Waals surface area contributed by atoms with Crippen molar-refractivity contribution in [2.75, 3.05) is 19.3 Å². The third-order valence-corrected chi connectivity index (χ3v) is 6.47. The van der Waals surface area contributed by atoms with Crippen molar-refractivity contribution >= 4 is 21.8 Å². The van der Waals surface area contributed by atoms with Crippen LogP contribution in [0.15, 0.2) is 54.6 Å². The smallest absolute Gasteiger partial charge is 0.261 e. The lowest BCUT2D eigenvalue weighted by Crippen LogP contribution is -2.31. The average Bonchev–Trinajstić information content (AvgIpc) is 3.02. The lowest BCUT2D eigenvalue weighted by molar-refractivity contribution is -0.0962. The molecule has 7 nitrogen and oxygen atoms in total. The summed E-state index contributed by atoms with van der Waals surface area (Å²) in [5.74, 6) is -0.413. The number of hydrogen-bond acceptors (Lipinski definition) is 5. The Morgan fingerprint density at radius 1 is 0.781 bits per heavy atom. The molecule has 0 spiro atoms. The topological polar surface area (TPSA) is 84.0 Å². The van der Waals surface area contributed by atoms with Crippen molar-refractivity contribution in [3.63, 3.8) is 0 Å². The number of hydrogen-bond donors (Lipinski definition) is 0. The van der Waals surface area contributed by atoms with Crippen LogP contribution in [-0.4, -0.2) is 48.9 Å². The van der Waals surface area contributed by atoms with Crippen molar-refractivity contribution in [1.82, 2.24) is 9.37 Å². The second kappa shape index (κ2) is 11.4. The molecular weight excluding hydrogens is 428 g/mol. The molecule has 8 heteroatoms. The molecule has 0 fully saturated rings. The highest BCUT2D eigenvalue weighted by atomic mass is 32.2. The number of unbranched alkanes of at least 4 members (excludes halogenated alkanes) is 5. The molecule has 0 unspecified atom stereocenters. The van der Waals surface area contributed by atoms with Gasteiger partial charge in [-0.05, 0) is 30.5 Å². The summed E-state index contributed by atoms with van der Waals surface area (Å²) in [7, 11) is -3.44. The molecule has 0 aromatic heterocycles. The van der Waals surface area contributed by atoms with Crippen molar-refractivity contribution < 1.29 is 22.8 Å². The van der Waals surface area contributed by atoms with Crippen molar-refractivity contribution in [2.45, 2.75) is 45.1 Å². The zero-order chi connectivity index (χ0) is 23.0. The number of rotatable bonds is 13. The SMILES string of the molecule is CS(=O)(=O)N(CCCCCCCCN1C(=O)c2ccccc2C1=O)OCc1ccccc1. The minimum Gasteiger partial charge on any atom is -0.280 e. The molecule has 2 aromatic rings. The van der Waals surface area contributed by atoms with E-state index < -0.39 is 10.0 Å². The van der Waals surface area contributed by atoms with Gasteiger partial charge in [0.1, 0.15) is 0 Å². The van der Waals surface area contributed by atoms with E-state index in [9.17, 15) is 18.0 Å². The number of amides is 2. The lowest BCUT2D eigenvalue weighted by atomic mass is 10.1. The van der Waals surface area contributed by atoms with Gasteiger partial charge >= 0.3 is 0 Å². The van der Waals surface area contributed by atoms with Gasteiger partial charge < -0.3 is 0 Å². The summed E-state index contributed by atoms with van der Waals surface area (Å²) in [6, 6.07) is 16.4. The monoisotopic (exact) mass is 458 g/mol. The molecule has 0 bridgehead atoms. The highest BCUT2D eigenvalue weighted by molar-refractivity contribution is 7.88. The highest BCUT2D eigenvalue weighted by Crippen LogP contribution is 2.23. The van der Waals surface area contributed by atoms with Crippen LogP contribution in [0.5, 0.6) is 0 Å². The van der Waals surface area contributed by atoms with Crippen LogP contribution in [-0.2, 0) is 21.5 Å². The Bertz CT molecular complexity index is 989. The van der Waals surface area contributed by atoms with Gasteiger partial charge in [0.25, 0.3) is 11.8 Å². The number of fused-ring (bicyclic) bond motifs is 1. The largest absolute Gasteiger partial charge is 0.280 e. The quantitative estimate of drug-likeness (QED) is 0.257. The van der Waals surface area contributed by atoms with Gasteiger partial charge in [0.2, 0.25) is 10.0 Å². The summed E-state index contributed by atoms with van der Waals surface area (Å²) in [6.45, 7) is 0.966. The molecule has 32 heavy (non-hydrogen) atoms. The van der Waals surface area contributed by atoms with Gasteiger partial charge in [-0.3, -0.25) is 19.3 Å². The van der Waals surface area contributed by atoms with Crippen LogP contribution in [0.2, 0.25) is 0 Å². The molecule has 0 saturated heterocycles. The summed E-state index contributed by atoms with van der Waals surface area (Å²) in [6.07, 6.45) is 6.34. The standard InChI is InChI=1S/C24H30N2O5S/c1-32(29,30)26(31-19-20-13-7-6-8-14-20)18-12-5-3-2-4-11-17-25-23(27)21-15-9-10-16-22(21)24(25)28/h6-10,13-16H,2-5,11-12,17-19H2,1H3. The van der Waals surface area contributed by atoms with E-state index in [0.717, 1.165) is 48.4 Å². The molecule has 1 aliphatic rings. The van der Waals surface area contributed by atoms with Gasteiger partial charge in [-0.15, -0.1) is 0 Å². The molecule has 0 N–H and O–H groups in total. The fourth-order valence-electron chi connectivity index (χ4n) is 3.71. The van der Waals surface area contributed by atoms with Crippen LogP contribution in [0.1, 0.15) is 64.8 Å². The maximum Gasteiger partial charge on any atom is 0.261 e. The van der Waals surface area contributed by atoms with Gasteiger partial charge in [0, 0.05) is 13.1 Å². The molecule has 3 rings (SSSR count). The normalized spacial score (nSPS) is 13.8. The summed E-state index contributed by atoms with van der Waals surface area (Å²) < 4.78 is 25.0. The molecule has 2 aromatic carbocycles. The Kier molecular flexibility index (Phi) is 8.55. The van der Waals surface area contributed by atoms with Gasteiger partial charge in [-0.25, -0.2) is 8.42 Å². The van der Waals surface area contributed by atoms with E-state index in [1.165, 1.54) is 4.90 Å². The average molecular weight is 459 g/mol. The summed E-state index contributed by atoms with van der Waals surface area (Å²) in [4.78, 5) is 31.5. The van der Waals surface area contributed by atoms with E-state index in [2.05, 4.69) is 0 Å². The molecule has 2 amide bonds. The Morgan fingerprint density at radius 3 is 1.91 bits per heavy atom. The molecule has 0 saturated carbocycles. The molecule has 0 atom stereocenters. The first-order valence-electron chi connectivity index (χ1n) is 11.0. The number of sulfonamides is 1. The van der Waals surface area contributed by atoms with Crippen LogP contribution in [0.3, 0.4) is 0 Å². The molecule has 1 heterocycles. The van der Waals surface area contributed by atoms with E-state index in [-0.39, 0.29) is 18.4 Å². The Balaban J connectivity index is 1.30. The van der Waals surface area contributed by atoms with Crippen LogP contribution in [0.4, 0.5) is 0 Å². The number of hydroxylamine groups is 1. The van der Waals surface area contributed by atoms with Gasteiger partial charge in [0.05, 0.1) is 24.0 Å². The Hall–Kier alpha value is -2.55. The number of imide groups is 1. The fourth-order valence-corrected chi connectivity index (χ4v) is 4.41. The van der Waals surface area contributed by atoms with Crippen LogP contribution in [0.25, 0.3) is 0 Å². The van der Waals surface area contributed by atoms with Crippen molar-refractivity contribution in [2.24, 2.45) is 0 Å². The summed E-state index contributed by atoms with van der Waals surface area (Å²) in [5, 5.41) is 0. The lowest BCUT2D eigenvalue weighted by Gasteiger charge is -2.19. The molecule has 0 radical (unpaired) electrons. The second-order valence-electron chi connectivity index (χ2n) is 7.98. The molecule has 1 aliphatic heterocycles. The molecular formula is C24H30N2O5S. The number of benzene rings is 2. The first-order chi connectivity index (χ1) is 15.4. The van der Waals surface area contributed by atoms with Gasteiger partial charge in [-0.2, -0.15) is 0 Å². The van der Waals surface area contributed by atoms with E-state index in [4.69, 9.17) is 4.84 Å². The fraction of sp³-hybridized carbons (Fsp3) is 0.417. The van der Waals surface area contributed by atoms with Crippen molar-refractivity contribution in [3.05, 3.63) is 71.3 Å². The third kappa shape index (κ3) is 6.48. The minimum absolute atomic E-state index is 0.207. The minimum atomic E-state index is -3.44. The second-order valence-corrected chi connectivity index (χ2v) is 9.85. The Labute approximate surface area is 190 Å². The van der Waals surface area contributed by atoms with Crippen LogP contribution < -0.4 is 0 Å². The maximum absolute atomic E-state index is 12.3. The van der Waals surface area contributed by atoms with Crippen molar-refractivity contribution in [3.8, 4) is 0 Å². The first-order valence-corrected chi connectivity index (χ1v) is 12.8. The summed E-state index contributed by atoms with van der Waals surface area (Å²) in [5.41, 5.74) is 1.89. The van der Waals surface area contributed by atoms with E-state index in [0.29, 0.717) is 30.6 Å². The van der Waals surface area contributed by atoms with Crippen molar-refractivity contribution in [1.29, 1.82) is 0 Å². The third-order valence-electron chi connectivity index (χ3n) is 5.44. The summed E-state index contributed by atoms with van der Waals surface area (Å²) >= 11 is 0. The predicted molar refractivity (Wildman–Crippen MR) is 122 cm³/mol. The van der Waals surface area contributed by atoms with Crippen LogP contribution in [0, 0.1) is 0 Å². The van der Waals surface area contributed by atoms with Crippen LogP contribution >= 0.6 is 0 Å². The molecule has 172 valence electrons. The first kappa shape index (κ1) is 24.1. The zero-order valence-electron chi connectivity index (χ0n) is 18.4. The van der Waals surface area contributed by atoms with E-state index >= 15 is 0 Å². The number of nitrogens with zero attached hydrogens (tertiary/aromatic N) is 2. The maximum atomic E-state index is 12.3. The predicted octanol–water partition coefficient (Wildman–Crippen LogP) is 4.02. The zero-order valence-corrected chi connectivity index (χ0v) is 19.2. The van der Waals surface area contributed by atoms with E-state index in [1.807, 2.05) is 30.3 Å². The highest BCUT2D eigenvalue weighted by Gasteiger charge is 2.34. The molecule has 0 aliphatic carbocycles. The van der Waals surface area contributed by atoms with Gasteiger partial charge in [0.15, 0.2) is 0 Å². The van der Waals surface area contributed by atoms with E-state index in [1.54, 1.807) is 24.3 Å². The number of carbonyl (C=O) groups excluding carboxylic acids is 2. The van der Waals surface area contributed by atoms with Gasteiger partial charge in [-0.1, -0.05) is 72.6 Å². The number of carbonyl (C=O) groups is 2. The Morgan fingerprint density at radius 2 is 1.31 bits per heavy atom.